The second-order valence-corrected chi connectivity index (χ2v) is 8.66. The number of fused-ring (bicyclic) bond motifs is 2. The number of hydrogen-bond acceptors (Lipinski definition) is 3. The van der Waals surface area contributed by atoms with Gasteiger partial charge in [-0.05, 0) is 41.8 Å². The molecule has 0 aliphatic rings. The molecule has 7 heteroatoms. The molecule has 34 heavy (non-hydrogen) atoms. The van der Waals surface area contributed by atoms with E-state index in [0.717, 1.165) is 22.0 Å². The third-order valence-electron chi connectivity index (χ3n) is 5.89. The third-order valence-corrected chi connectivity index (χ3v) is 6.13. The first-order chi connectivity index (χ1) is 16.6. The Kier molecular flexibility index (Phi) is 6.14. The number of carbonyl (C=O) groups is 1. The van der Waals surface area contributed by atoms with Crippen LogP contribution in [0.5, 0.6) is 0 Å². The Morgan fingerprint density at radius 2 is 1.74 bits per heavy atom. The van der Waals surface area contributed by atoms with Crippen LogP contribution in [0.2, 0.25) is 5.02 Å². The molecule has 0 unspecified atom stereocenters. The molecular weight excluding hydrogens is 448 g/mol. The lowest BCUT2D eigenvalue weighted by Crippen LogP contribution is -2.30. The van der Waals surface area contributed by atoms with Crippen molar-refractivity contribution in [2.75, 3.05) is 6.54 Å². The molecule has 0 saturated carbocycles. The number of H-pyrrole nitrogens is 1. The van der Waals surface area contributed by atoms with Gasteiger partial charge in [-0.2, -0.15) is 5.10 Å². The molecule has 0 saturated heterocycles. The van der Waals surface area contributed by atoms with Gasteiger partial charge in [0, 0.05) is 34.1 Å². The van der Waals surface area contributed by atoms with Crippen LogP contribution < -0.4 is 10.9 Å². The minimum Gasteiger partial charge on any atom is -0.361 e. The van der Waals surface area contributed by atoms with Crippen molar-refractivity contribution in [3.05, 3.63) is 111 Å². The number of aromatic amines is 1. The summed E-state index contributed by atoms with van der Waals surface area (Å²) >= 11 is 6.13. The molecule has 0 spiro atoms. The molecule has 170 valence electrons. The highest BCUT2D eigenvalue weighted by Crippen LogP contribution is 2.22. The first kappa shape index (κ1) is 21.9. The summed E-state index contributed by atoms with van der Waals surface area (Å²) in [5, 5.41) is 10.6. The van der Waals surface area contributed by atoms with Crippen molar-refractivity contribution in [1.29, 1.82) is 0 Å². The number of hydrogen-bond donors (Lipinski definition) is 2. The lowest BCUT2D eigenvalue weighted by Gasteiger charge is -2.11. The predicted molar refractivity (Wildman–Crippen MR) is 135 cm³/mol. The van der Waals surface area contributed by atoms with E-state index < -0.39 is 0 Å². The molecule has 5 rings (SSSR count). The van der Waals surface area contributed by atoms with Crippen LogP contribution in [0.3, 0.4) is 0 Å². The molecule has 1 amide bonds. The molecule has 5 aromatic rings. The fourth-order valence-electron chi connectivity index (χ4n) is 4.21. The van der Waals surface area contributed by atoms with Crippen LogP contribution in [-0.2, 0) is 24.2 Å². The molecule has 3 aromatic carbocycles. The Hall–Kier alpha value is -3.90. The summed E-state index contributed by atoms with van der Waals surface area (Å²) in [5.41, 5.74) is 3.51. The van der Waals surface area contributed by atoms with Crippen LogP contribution in [0.15, 0.2) is 83.8 Å². The maximum Gasteiger partial charge on any atom is 0.274 e. The topological polar surface area (TPSA) is 79.8 Å². The average Bonchev–Trinajstić information content (AvgIpc) is 3.24. The number of nitrogens with one attached hydrogen (secondary N) is 2. The Bertz CT molecular complexity index is 1540. The van der Waals surface area contributed by atoms with E-state index in [2.05, 4.69) is 15.4 Å². The highest BCUT2D eigenvalue weighted by Gasteiger charge is 2.14. The number of carbonyl (C=O) groups excluding carboxylic acids is 1. The van der Waals surface area contributed by atoms with E-state index in [1.165, 1.54) is 4.68 Å². The van der Waals surface area contributed by atoms with E-state index in [0.29, 0.717) is 41.0 Å². The Morgan fingerprint density at radius 3 is 2.56 bits per heavy atom. The SMILES string of the molecule is O=C(Cc1nn(Cc2ccccc2)c(=O)c2ccccc12)NCCc1c[nH]c2ccc(Cl)cc12. The van der Waals surface area contributed by atoms with Crippen molar-refractivity contribution < 1.29 is 4.79 Å². The largest absolute Gasteiger partial charge is 0.361 e. The van der Waals surface area contributed by atoms with Crippen molar-refractivity contribution in [2.45, 2.75) is 19.4 Å². The lowest BCUT2D eigenvalue weighted by molar-refractivity contribution is -0.120. The molecule has 0 atom stereocenters. The van der Waals surface area contributed by atoms with E-state index in [9.17, 15) is 9.59 Å². The van der Waals surface area contributed by atoms with E-state index in [1.807, 2.05) is 72.9 Å². The first-order valence-corrected chi connectivity index (χ1v) is 11.5. The van der Waals surface area contributed by atoms with Crippen molar-refractivity contribution in [3.63, 3.8) is 0 Å². The minimum atomic E-state index is -0.165. The second kappa shape index (κ2) is 9.53. The Balaban J connectivity index is 1.33. The van der Waals surface area contributed by atoms with Gasteiger partial charge in [-0.3, -0.25) is 9.59 Å². The van der Waals surface area contributed by atoms with Gasteiger partial charge in [-0.25, -0.2) is 4.68 Å². The summed E-state index contributed by atoms with van der Waals surface area (Å²) in [4.78, 5) is 29.0. The van der Waals surface area contributed by atoms with Gasteiger partial charge in [0.15, 0.2) is 0 Å². The standard InChI is InChI=1S/C27H23ClN4O2/c28-20-10-11-24-23(14-20)19(16-30-24)12-13-29-26(33)15-25-21-8-4-5-9-22(21)27(34)32(31-25)17-18-6-2-1-3-7-18/h1-11,14,16,30H,12-13,15,17H2,(H,29,33). The lowest BCUT2D eigenvalue weighted by atomic mass is 10.1. The number of halogens is 1. The summed E-state index contributed by atoms with van der Waals surface area (Å²) in [5.74, 6) is -0.138. The summed E-state index contributed by atoms with van der Waals surface area (Å²) in [6, 6.07) is 22.7. The molecule has 2 aromatic heterocycles. The third kappa shape index (κ3) is 4.58. The molecule has 6 nitrogen and oxygen atoms in total. The van der Waals surface area contributed by atoms with Gasteiger partial charge < -0.3 is 10.3 Å². The average molecular weight is 471 g/mol. The van der Waals surface area contributed by atoms with E-state index in [4.69, 9.17) is 11.6 Å². The first-order valence-electron chi connectivity index (χ1n) is 11.1. The molecule has 2 N–H and O–H groups in total. The molecule has 2 heterocycles. The molecule has 0 aliphatic heterocycles. The Morgan fingerprint density at radius 1 is 0.971 bits per heavy atom. The monoisotopic (exact) mass is 470 g/mol. The minimum absolute atomic E-state index is 0.0926. The summed E-state index contributed by atoms with van der Waals surface area (Å²) in [7, 11) is 0. The van der Waals surface area contributed by atoms with Gasteiger partial charge in [0.25, 0.3) is 5.56 Å². The van der Waals surface area contributed by atoms with Crippen LogP contribution in [0, 0.1) is 0 Å². The van der Waals surface area contributed by atoms with Crippen LogP contribution in [0.25, 0.3) is 21.7 Å². The van der Waals surface area contributed by atoms with Crippen LogP contribution in [0.1, 0.15) is 16.8 Å². The van der Waals surface area contributed by atoms with Gasteiger partial charge in [-0.15, -0.1) is 0 Å². The fraction of sp³-hybridized carbons (Fsp3) is 0.148. The van der Waals surface area contributed by atoms with Gasteiger partial charge >= 0.3 is 0 Å². The van der Waals surface area contributed by atoms with Crippen LogP contribution in [-0.4, -0.2) is 27.2 Å². The number of amides is 1. The molecular formula is C27H23ClN4O2. The molecule has 0 aliphatic carbocycles. The van der Waals surface area contributed by atoms with Gasteiger partial charge in [0.1, 0.15) is 0 Å². The highest BCUT2D eigenvalue weighted by molar-refractivity contribution is 6.31. The summed E-state index contributed by atoms with van der Waals surface area (Å²) in [6.07, 6.45) is 2.71. The Labute approximate surface area is 201 Å². The van der Waals surface area contributed by atoms with E-state index in [-0.39, 0.29) is 17.9 Å². The maximum absolute atomic E-state index is 13.0. The normalized spacial score (nSPS) is 11.2. The van der Waals surface area contributed by atoms with E-state index >= 15 is 0 Å². The molecule has 0 bridgehead atoms. The highest BCUT2D eigenvalue weighted by atomic mass is 35.5. The number of benzene rings is 3. The number of nitrogens with zero attached hydrogens (tertiary/aromatic N) is 2. The summed E-state index contributed by atoms with van der Waals surface area (Å²) < 4.78 is 1.44. The smallest absolute Gasteiger partial charge is 0.274 e. The second-order valence-electron chi connectivity index (χ2n) is 8.22. The molecule has 0 radical (unpaired) electrons. The van der Waals surface area contributed by atoms with Gasteiger partial charge in [0.2, 0.25) is 5.91 Å². The van der Waals surface area contributed by atoms with Crippen LogP contribution >= 0.6 is 11.6 Å². The summed E-state index contributed by atoms with van der Waals surface area (Å²) in [6.45, 7) is 0.835. The number of rotatable bonds is 7. The van der Waals surface area contributed by atoms with Crippen molar-refractivity contribution in [3.8, 4) is 0 Å². The van der Waals surface area contributed by atoms with Crippen molar-refractivity contribution >= 4 is 39.2 Å². The van der Waals surface area contributed by atoms with Gasteiger partial charge in [-0.1, -0.05) is 60.1 Å². The zero-order valence-electron chi connectivity index (χ0n) is 18.4. The van der Waals surface area contributed by atoms with Crippen molar-refractivity contribution in [1.82, 2.24) is 20.1 Å². The van der Waals surface area contributed by atoms with Gasteiger partial charge in [0.05, 0.1) is 24.0 Å². The number of aromatic nitrogens is 3. The van der Waals surface area contributed by atoms with Crippen LogP contribution in [0.4, 0.5) is 0 Å². The zero-order chi connectivity index (χ0) is 23.5. The zero-order valence-corrected chi connectivity index (χ0v) is 19.2. The molecule has 0 fully saturated rings. The maximum atomic E-state index is 13.0. The van der Waals surface area contributed by atoms with Crippen molar-refractivity contribution in [2.24, 2.45) is 0 Å². The van der Waals surface area contributed by atoms with E-state index in [1.54, 1.807) is 6.07 Å². The predicted octanol–water partition coefficient (Wildman–Crippen LogP) is 4.48. The fourth-order valence-corrected chi connectivity index (χ4v) is 4.38. The quantitative estimate of drug-likeness (QED) is 0.368.